The maximum Gasteiger partial charge on any atom is 0.0595 e. The summed E-state index contributed by atoms with van der Waals surface area (Å²) in [6.07, 6.45) is 0.818. The van der Waals surface area contributed by atoms with Crippen molar-refractivity contribution in [3.8, 4) is 0 Å². The van der Waals surface area contributed by atoms with Gasteiger partial charge in [0.25, 0.3) is 0 Å². The standard InChI is InChI=1S/C9H9Cl3/c1-6(10)4-7-2-3-8(11)9(12)5-7/h2-3,5-6H,4H2,1H3. The molecule has 0 saturated heterocycles. The Morgan fingerprint density at radius 2 is 1.92 bits per heavy atom. The molecule has 1 rings (SSSR count). The molecule has 1 aromatic carbocycles. The summed E-state index contributed by atoms with van der Waals surface area (Å²) in [5.41, 5.74) is 1.12. The van der Waals surface area contributed by atoms with Crippen molar-refractivity contribution in [2.75, 3.05) is 0 Å². The van der Waals surface area contributed by atoms with Crippen molar-refractivity contribution in [2.45, 2.75) is 18.7 Å². The Hall–Kier alpha value is 0.0900. The fourth-order valence-corrected chi connectivity index (χ4v) is 1.49. The average Bonchev–Trinajstić information content (AvgIpc) is 1.96. The Labute approximate surface area is 87.4 Å². The maximum absolute atomic E-state index is 5.83. The van der Waals surface area contributed by atoms with E-state index in [2.05, 4.69) is 0 Å². The van der Waals surface area contributed by atoms with Crippen LogP contribution in [0, 0.1) is 0 Å². The first-order valence-electron chi connectivity index (χ1n) is 3.67. The van der Waals surface area contributed by atoms with E-state index >= 15 is 0 Å². The zero-order valence-electron chi connectivity index (χ0n) is 6.65. The molecule has 1 unspecified atom stereocenters. The minimum atomic E-state index is 0.127. The first kappa shape index (κ1) is 10.2. The van der Waals surface area contributed by atoms with Gasteiger partial charge < -0.3 is 0 Å². The minimum absolute atomic E-state index is 0.127. The van der Waals surface area contributed by atoms with Crippen LogP contribution in [-0.4, -0.2) is 5.38 Å². The average molecular weight is 224 g/mol. The highest BCUT2D eigenvalue weighted by atomic mass is 35.5. The Kier molecular flexibility index (Phi) is 3.70. The fourth-order valence-electron chi connectivity index (χ4n) is 0.991. The van der Waals surface area contributed by atoms with Crippen molar-refractivity contribution in [1.82, 2.24) is 0 Å². The van der Waals surface area contributed by atoms with Crippen LogP contribution in [-0.2, 0) is 6.42 Å². The first-order chi connectivity index (χ1) is 5.59. The largest absolute Gasteiger partial charge is 0.123 e. The van der Waals surface area contributed by atoms with E-state index in [9.17, 15) is 0 Å². The summed E-state index contributed by atoms with van der Waals surface area (Å²) in [4.78, 5) is 0. The van der Waals surface area contributed by atoms with Gasteiger partial charge in [-0.05, 0) is 31.0 Å². The number of hydrogen-bond acceptors (Lipinski definition) is 0. The molecular weight excluding hydrogens is 214 g/mol. The molecule has 0 saturated carbocycles. The normalized spacial score (nSPS) is 13.0. The van der Waals surface area contributed by atoms with Gasteiger partial charge in [-0.15, -0.1) is 11.6 Å². The predicted molar refractivity (Wildman–Crippen MR) is 55.5 cm³/mol. The van der Waals surface area contributed by atoms with E-state index in [1.54, 1.807) is 6.07 Å². The van der Waals surface area contributed by atoms with Crippen molar-refractivity contribution in [3.05, 3.63) is 33.8 Å². The summed E-state index contributed by atoms with van der Waals surface area (Å²) in [5, 5.41) is 1.30. The molecule has 0 radical (unpaired) electrons. The molecular formula is C9H9Cl3. The maximum atomic E-state index is 5.83. The van der Waals surface area contributed by atoms with E-state index in [1.165, 1.54) is 0 Å². The van der Waals surface area contributed by atoms with Crippen molar-refractivity contribution >= 4 is 34.8 Å². The van der Waals surface area contributed by atoms with E-state index in [1.807, 2.05) is 19.1 Å². The van der Waals surface area contributed by atoms with E-state index in [0.717, 1.165) is 12.0 Å². The predicted octanol–water partition coefficient (Wildman–Crippen LogP) is 4.16. The van der Waals surface area contributed by atoms with Gasteiger partial charge in [0, 0.05) is 5.38 Å². The van der Waals surface area contributed by atoms with Crippen molar-refractivity contribution in [2.24, 2.45) is 0 Å². The second-order valence-electron chi connectivity index (χ2n) is 2.73. The second kappa shape index (κ2) is 4.36. The molecule has 1 aromatic rings. The van der Waals surface area contributed by atoms with Gasteiger partial charge in [0.1, 0.15) is 0 Å². The van der Waals surface area contributed by atoms with Crippen LogP contribution >= 0.6 is 34.8 Å². The zero-order valence-corrected chi connectivity index (χ0v) is 8.92. The monoisotopic (exact) mass is 222 g/mol. The van der Waals surface area contributed by atoms with Crippen molar-refractivity contribution in [1.29, 1.82) is 0 Å². The zero-order chi connectivity index (χ0) is 9.14. The molecule has 12 heavy (non-hydrogen) atoms. The van der Waals surface area contributed by atoms with Gasteiger partial charge in [-0.3, -0.25) is 0 Å². The lowest BCUT2D eigenvalue weighted by Crippen LogP contribution is -1.96. The van der Waals surface area contributed by atoms with Gasteiger partial charge >= 0.3 is 0 Å². The Morgan fingerprint density at radius 3 is 2.42 bits per heavy atom. The highest BCUT2D eigenvalue weighted by Crippen LogP contribution is 2.23. The number of alkyl halides is 1. The van der Waals surface area contributed by atoms with Gasteiger partial charge in [0.05, 0.1) is 10.0 Å². The number of hydrogen-bond donors (Lipinski definition) is 0. The third kappa shape index (κ3) is 2.85. The quantitative estimate of drug-likeness (QED) is 0.661. The van der Waals surface area contributed by atoms with Crippen LogP contribution < -0.4 is 0 Å². The van der Waals surface area contributed by atoms with Crippen LogP contribution in [0.2, 0.25) is 10.0 Å². The highest BCUT2D eigenvalue weighted by molar-refractivity contribution is 6.42. The van der Waals surface area contributed by atoms with Crippen LogP contribution in [0.5, 0.6) is 0 Å². The van der Waals surface area contributed by atoms with Crippen LogP contribution in [0.25, 0.3) is 0 Å². The second-order valence-corrected chi connectivity index (χ2v) is 4.29. The molecule has 0 heterocycles. The fraction of sp³-hybridized carbons (Fsp3) is 0.333. The van der Waals surface area contributed by atoms with Crippen molar-refractivity contribution in [3.63, 3.8) is 0 Å². The summed E-state index contributed by atoms with van der Waals surface area (Å²) in [7, 11) is 0. The molecule has 66 valence electrons. The molecule has 0 aromatic heterocycles. The van der Waals surface area contributed by atoms with E-state index < -0.39 is 0 Å². The molecule has 0 nitrogen and oxygen atoms in total. The van der Waals surface area contributed by atoms with Crippen molar-refractivity contribution < 1.29 is 0 Å². The summed E-state index contributed by atoms with van der Waals surface area (Å²) in [6.45, 7) is 1.95. The topological polar surface area (TPSA) is 0 Å². The van der Waals surface area contributed by atoms with Crippen LogP contribution in [0.3, 0.4) is 0 Å². The number of halogens is 3. The lowest BCUT2D eigenvalue weighted by molar-refractivity contribution is 0.931. The molecule has 0 N–H and O–H groups in total. The molecule has 0 aliphatic heterocycles. The smallest absolute Gasteiger partial charge is 0.0595 e. The van der Waals surface area contributed by atoms with Gasteiger partial charge in [0.15, 0.2) is 0 Å². The molecule has 3 heteroatoms. The number of benzene rings is 1. The summed E-state index contributed by atoms with van der Waals surface area (Å²) in [6, 6.07) is 5.58. The minimum Gasteiger partial charge on any atom is -0.123 e. The Bertz CT molecular complexity index is 268. The Morgan fingerprint density at radius 1 is 1.25 bits per heavy atom. The van der Waals surface area contributed by atoms with E-state index in [-0.39, 0.29) is 5.38 Å². The number of rotatable bonds is 2. The van der Waals surface area contributed by atoms with Gasteiger partial charge in [-0.1, -0.05) is 29.3 Å². The lowest BCUT2D eigenvalue weighted by atomic mass is 10.1. The third-order valence-electron chi connectivity index (χ3n) is 1.50. The van der Waals surface area contributed by atoms with Gasteiger partial charge in [-0.25, -0.2) is 0 Å². The molecule has 0 aliphatic rings. The molecule has 1 atom stereocenters. The molecule has 0 amide bonds. The molecule has 0 aliphatic carbocycles. The Balaban J connectivity index is 2.82. The van der Waals surface area contributed by atoms with Gasteiger partial charge in [0.2, 0.25) is 0 Å². The first-order valence-corrected chi connectivity index (χ1v) is 4.87. The molecule has 0 spiro atoms. The van der Waals surface area contributed by atoms with E-state index in [0.29, 0.717) is 10.0 Å². The van der Waals surface area contributed by atoms with Gasteiger partial charge in [-0.2, -0.15) is 0 Å². The lowest BCUT2D eigenvalue weighted by Gasteiger charge is -2.04. The summed E-state index contributed by atoms with van der Waals surface area (Å²) in [5.74, 6) is 0. The SMILES string of the molecule is CC(Cl)Cc1ccc(Cl)c(Cl)c1. The van der Waals surface area contributed by atoms with Crippen LogP contribution in [0.4, 0.5) is 0 Å². The highest BCUT2D eigenvalue weighted by Gasteiger charge is 2.02. The molecule has 0 bridgehead atoms. The molecule has 0 fully saturated rings. The summed E-state index contributed by atoms with van der Waals surface area (Å²) >= 11 is 17.4. The summed E-state index contributed by atoms with van der Waals surface area (Å²) < 4.78 is 0. The third-order valence-corrected chi connectivity index (χ3v) is 2.39. The van der Waals surface area contributed by atoms with Crippen LogP contribution in [0.15, 0.2) is 18.2 Å². The van der Waals surface area contributed by atoms with E-state index in [4.69, 9.17) is 34.8 Å². The van der Waals surface area contributed by atoms with Crippen LogP contribution in [0.1, 0.15) is 12.5 Å².